The van der Waals surface area contributed by atoms with Gasteiger partial charge in [-0.25, -0.2) is 19.3 Å². The van der Waals surface area contributed by atoms with E-state index in [1.807, 2.05) is 19.1 Å². The molecule has 34 heavy (non-hydrogen) atoms. The Morgan fingerprint density at radius 1 is 1.09 bits per heavy atom. The highest BCUT2D eigenvalue weighted by molar-refractivity contribution is 5.89. The minimum atomic E-state index is -1.14. The zero-order valence-corrected chi connectivity index (χ0v) is 18.4. The number of nitrogens with one attached hydrogen (secondary N) is 2. The minimum Gasteiger partial charge on any atom is -0.465 e. The van der Waals surface area contributed by atoms with E-state index in [1.165, 1.54) is 13.1 Å². The van der Waals surface area contributed by atoms with Crippen molar-refractivity contribution in [3.05, 3.63) is 87.6 Å². The fourth-order valence-corrected chi connectivity index (χ4v) is 3.97. The molecule has 0 saturated carbocycles. The van der Waals surface area contributed by atoms with E-state index in [0.29, 0.717) is 39.7 Å². The van der Waals surface area contributed by atoms with Gasteiger partial charge in [0.15, 0.2) is 0 Å². The van der Waals surface area contributed by atoms with Gasteiger partial charge in [-0.05, 0) is 54.4 Å². The smallest absolute Gasteiger partial charge is 0.413 e. The summed E-state index contributed by atoms with van der Waals surface area (Å²) in [6.07, 6.45) is -0.737. The van der Waals surface area contributed by atoms with Gasteiger partial charge in [0.1, 0.15) is 5.82 Å². The molecule has 0 bridgehead atoms. The molecule has 3 N–H and O–H groups in total. The van der Waals surface area contributed by atoms with Gasteiger partial charge in [0.25, 0.3) is 5.56 Å². The molecule has 170 valence electrons. The Morgan fingerprint density at radius 3 is 2.71 bits per heavy atom. The summed E-state index contributed by atoms with van der Waals surface area (Å²) in [5.41, 5.74) is 4.45. The number of nitrogens with zero attached hydrogens (tertiary/aromatic N) is 3. The van der Waals surface area contributed by atoms with Gasteiger partial charge in [-0.3, -0.25) is 9.69 Å². The van der Waals surface area contributed by atoms with Crippen molar-refractivity contribution in [3.63, 3.8) is 0 Å². The van der Waals surface area contributed by atoms with Crippen molar-refractivity contribution >= 4 is 33.8 Å². The average Bonchev–Trinajstić information content (AvgIpc) is 3.24. The molecular weight excluding hydrogens is 437 g/mol. The fourth-order valence-electron chi connectivity index (χ4n) is 3.97. The van der Waals surface area contributed by atoms with Crippen LogP contribution in [0.3, 0.4) is 0 Å². The van der Waals surface area contributed by atoms with Crippen LogP contribution in [0.1, 0.15) is 16.8 Å². The number of rotatable bonds is 4. The first kappa shape index (κ1) is 21.3. The summed E-state index contributed by atoms with van der Waals surface area (Å²) in [7, 11) is 1.39. The number of amides is 1. The maximum Gasteiger partial charge on any atom is 0.413 e. The predicted molar refractivity (Wildman–Crippen MR) is 128 cm³/mol. The zero-order valence-electron chi connectivity index (χ0n) is 18.4. The molecule has 0 aliphatic rings. The van der Waals surface area contributed by atoms with Crippen molar-refractivity contribution in [2.75, 3.05) is 11.9 Å². The highest BCUT2D eigenvalue weighted by atomic mass is 19.1. The second kappa shape index (κ2) is 8.11. The molecule has 3 aromatic carbocycles. The largest absolute Gasteiger partial charge is 0.465 e. The number of benzene rings is 3. The predicted octanol–water partition coefficient (Wildman–Crippen LogP) is 4.62. The number of aromatic amines is 2. The van der Waals surface area contributed by atoms with Crippen molar-refractivity contribution in [1.82, 2.24) is 20.2 Å². The number of halogens is 1. The van der Waals surface area contributed by atoms with Crippen LogP contribution in [0.2, 0.25) is 0 Å². The van der Waals surface area contributed by atoms with Crippen LogP contribution >= 0.6 is 0 Å². The Balaban J connectivity index is 1.54. The third-order valence-electron chi connectivity index (χ3n) is 5.81. The van der Waals surface area contributed by atoms with Crippen LogP contribution in [0.15, 0.2) is 59.4 Å². The summed E-state index contributed by atoms with van der Waals surface area (Å²) in [5.74, 6) is -0.211. The van der Waals surface area contributed by atoms with Crippen molar-refractivity contribution in [2.24, 2.45) is 0 Å². The van der Waals surface area contributed by atoms with E-state index in [2.05, 4.69) is 20.2 Å². The second-order valence-corrected chi connectivity index (χ2v) is 8.17. The molecule has 9 heteroatoms. The van der Waals surface area contributed by atoms with Gasteiger partial charge in [-0.15, -0.1) is 0 Å². The molecule has 1 amide bonds. The number of carboxylic acid groups (broad SMARTS) is 1. The number of hydrogen-bond acceptors (Lipinski definition) is 4. The van der Waals surface area contributed by atoms with E-state index in [-0.39, 0.29) is 11.5 Å². The first-order valence-corrected chi connectivity index (χ1v) is 10.5. The van der Waals surface area contributed by atoms with Crippen LogP contribution in [-0.4, -0.2) is 38.4 Å². The van der Waals surface area contributed by atoms with Crippen molar-refractivity contribution in [1.29, 1.82) is 0 Å². The lowest BCUT2D eigenvalue weighted by atomic mass is 9.98. The van der Waals surface area contributed by atoms with Gasteiger partial charge >= 0.3 is 6.09 Å². The molecule has 2 aromatic heterocycles. The molecule has 0 aliphatic heterocycles. The Kier molecular flexibility index (Phi) is 5.09. The minimum absolute atomic E-state index is 0.181. The second-order valence-electron chi connectivity index (χ2n) is 8.17. The topological polar surface area (TPSA) is 115 Å². The molecule has 0 atom stereocenters. The lowest BCUT2D eigenvalue weighted by Crippen LogP contribution is -2.24. The van der Waals surface area contributed by atoms with Gasteiger partial charge in [0, 0.05) is 24.4 Å². The Labute approximate surface area is 192 Å². The third-order valence-corrected chi connectivity index (χ3v) is 5.81. The van der Waals surface area contributed by atoms with Crippen molar-refractivity contribution in [3.8, 4) is 11.1 Å². The molecule has 0 saturated heterocycles. The normalized spacial score (nSPS) is 11.3. The number of aromatic nitrogens is 4. The lowest BCUT2D eigenvalue weighted by Gasteiger charge is -2.09. The van der Waals surface area contributed by atoms with E-state index in [1.54, 1.807) is 36.4 Å². The van der Waals surface area contributed by atoms with E-state index in [4.69, 9.17) is 5.11 Å². The number of hydrogen-bond donors (Lipinski definition) is 3. The summed E-state index contributed by atoms with van der Waals surface area (Å²) < 4.78 is 14.8. The van der Waals surface area contributed by atoms with Gasteiger partial charge in [-0.1, -0.05) is 23.8 Å². The number of carbonyl (C=O) groups is 1. The van der Waals surface area contributed by atoms with Crippen LogP contribution in [0.25, 0.3) is 32.9 Å². The Bertz CT molecular complexity index is 1640. The van der Waals surface area contributed by atoms with Crippen LogP contribution in [0.4, 0.5) is 15.1 Å². The molecule has 0 fully saturated rings. The first-order chi connectivity index (χ1) is 16.3. The highest BCUT2D eigenvalue weighted by Gasteiger charge is 2.15. The fraction of sp³-hybridized carbons (Fsp3) is 0.120. The quantitative estimate of drug-likeness (QED) is 0.364. The van der Waals surface area contributed by atoms with Crippen LogP contribution < -0.4 is 10.5 Å². The molecule has 0 aliphatic carbocycles. The highest BCUT2D eigenvalue weighted by Crippen LogP contribution is 2.29. The monoisotopic (exact) mass is 457 g/mol. The maximum atomic E-state index is 14.8. The lowest BCUT2D eigenvalue weighted by molar-refractivity contribution is 0.203. The standard InChI is InChI=1S/C25H20FN5O3/c1-13-3-6-16-18(9-13)21(29-30-23(16)32)11-14-4-7-19(26)17(10-14)15-5-8-20-22(12-15)28-24(27-20)31(2)25(33)34/h3-10,12H,11H2,1-2H3,(H,27,28)(H,30,32)(H,33,34). The Hall–Kier alpha value is -4.53. The van der Waals surface area contributed by atoms with E-state index in [0.717, 1.165) is 21.4 Å². The Morgan fingerprint density at radius 2 is 1.91 bits per heavy atom. The summed E-state index contributed by atoms with van der Waals surface area (Å²) >= 11 is 0. The average molecular weight is 457 g/mol. The van der Waals surface area contributed by atoms with Crippen LogP contribution in [-0.2, 0) is 6.42 Å². The maximum absolute atomic E-state index is 14.8. The summed E-state index contributed by atoms with van der Waals surface area (Å²) in [5, 5.41) is 17.3. The molecule has 5 aromatic rings. The molecule has 0 radical (unpaired) electrons. The molecule has 2 heterocycles. The number of anilines is 1. The van der Waals surface area contributed by atoms with Crippen LogP contribution in [0.5, 0.6) is 0 Å². The summed E-state index contributed by atoms with van der Waals surface area (Å²) in [6, 6.07) is 15.6. The summed E-state index contributed by atoms with van der Waals surface area (Å²) in [4.78, 5) is 31.6. The number of fused-ring (bicyclic) bond motifs is 2. The molecule has 5 rings (SSSR count). The van der Waals surface area contributed by atoms with E-state index in [9.17, 15) is 14.0 Å². The SMILES string of the molecule is Cc1ccc2c(=O)[nH]nc(Cc3ccc(F)c(-c4ccc5[nH]c(N(C)C(=O)O)nc5c4)c3)c2c1. The van der Waals surface area contributed by atoms with Crippen LogP contribution in [0, 0.1) is 12.7 Å². The number of imidazole rings is 1. The van der Waals surface area contributed by atoms with Gasteiger partial charge in [0.2, 0.25) is 5.95 Å². The first-order valence-electron chi connectivity index (χ1n) is 10.5. The molecule has 8 nitrogen and oxygen atoms in total. The number of aryl methyl sites for hydroxylation is 1. The molecule has 0 spiro atoms. The molecular formula is C25H20FN5O3. The van der Waals surface area contributed by atoms with Gasteiger partial charge in [0.05, 0.1) is 22.1 Å². The zero-order chi connectivity index (χ0) is 24.0. The number of H-pyrrole nitrogens is 2. The third kappa shape index (κ3) is 3.77. The van der Waals surface area contributed by atoms with E-state index >= 15 is 0 Å². The van der Waals surface area contributed by atoms with Gasteiger partial charge in [-0.2, -0.15) is 5.10 Å². The summed E-state index contributed by atoms with van der Waals surface area (Å²) in [6.45, 7) is 1.95. The van der Waals surface area contributed by atoms with E-state index < -0.39 is 11.9 Å². The molecule has 0 unspecified atom stereocenters. The van der Waals surface area contributed by atoms with Crippen molar-refractivity contribution in [2.45, 2.75) is 13.3 Å². The van der Waals surface area contributed by atoms with Gasteiger partial charge < -0.3 is 10.1 Å². The van der Waals surface area contributed by atoms with Crippen molar-refractivity contribution < 1.29 is 14.3 Å².